The van der Waals surface area contributed by atoms with Crippen LogP contribution < -0.4 is 15.6 Å². The van der Waals surface area contributed by atoms with E-state index in [9.17, 15) is 14.4 Å². The number of hydrogen-bond acceptors (Lipinski definition) is 4. The maximum atomic E-state index is 12.0. The van der Waals surface area contributed by atoms with Gasteiger partial charge in [0.25, 0.3) is 11.8 Å². The van der Waals surface area contributed by atoms with Gasteiger partial charge in [0.15, 0.2) is 0 Å². The van der Waals surface area contributed by atoms with E-state index >= 15 is 0 Å². The van der Waals surface area contributed by atoms with E-state index in [0.717, 1.165) is 5.56 Å². The van der Waals surface area contributed by atoms with Crippen molar-refractivity contribution in [1.29, 1.82) is 0 Å². The summed E-state index contributed by atoms with van der Waals surface area (Å²) in [7, 11) is 1.52. The number of carbonyl (C=O) groups excluding carboxylic acids is 3. The largest absolute Gasteiger partial charge is 0.497 e. The van der Waals surface area contributed by atoms with Crippen LogP contribution in [0, 0.1) is 0 Å². The van der Waals surface area contributed by atoms with Crippen molar-refractivity contribution in [2.45, 2.75) is 6.42 Å². The molecule has 0 spiro atoms. The van der Waals surface area contributed by atoms with Crippen LogP contribution in [0.5, 0.6) is 5.75 Å². The van der Waals surface area contributed by atoms with Crippen molar-refractivity contribution >= 4 is 17.8 Å². The van der Waals surface area contributed by atoms with E-state index in [2.05, 4.69) is 10.9 Å². The molecule has 0 aromatic heterocycles. The number of hydrogen-bond donors (Lipinski definition) is 2. The molecule has 6 nitrogen and oxygen atoms in total. The minimum Gasteiger partial charge on any atom is -0.497 e. The maximum Gasteiger partial charge on any atom is 0.277 e. The number of benzene rings is 2. The van der Waals surface area contributed by atoms with E-state index < -0.39 is 11.8 Å². The van der Waals surface area contributed by atoms with Gasteiger partial charge in [-0.3, -0.25) is 20.4 Å². The van der Waals surface area contributed by atoms with Crippen LogP contribution in [0.1, 0.15) is 15.9 Å². The Balaban J connectivity index is 1.93. The molecule has 0 bridgehead atoms. The van der Waals surface area contributed by atoms with Crippen molar-refractivity contribution in [3.63, 3.8) is 0 Å². The number of carbonyl (C=O) groups is 2. The Bertz CT molecular complexity index is 763. The fourth-order valence-corrected chi connectivity index (χ4v) is 1.97. The third-order valence-corrected chi connectivity index (χ3v) is 3.26. The molecule has 6 heteroatoms. The molecule has 0 fully saturated rings. The molecule has 0 aliphatic rings. The Morgan fingerprint density at radius 3 is 2.25 bits per heavy atom. The molecule has 0 aliphatic heterocycles. The SMILES string of the molecule is COc1ccc(C(=O)NNC(=O)C(=C=O)Cc2ccccc2)cc1. The van der Waals surface area contributed by atoms with Crippen molar-refractivity contribution in [1.82, 2.24) is 10.9 Å². The predicted octanol–water partition coefficient (Wildman–Crippen LogP) is 1.46. The molecule has 0 saturated carbocycles. The first-order valence-corrected chi connectivity index (χ1v) is 7.16. The quantitative estimate of drug-likeness (QED) is 0.495. The topological polar surface area (TPSA) is 84.5 Å². The lowest BCUT2D eigenvalue weighted by Gasteiger charge is -2.08. The minimum absolute atomic E-state index is 0.101. The van der Waals surface area contributed by atoms with Crippen LogP contribution in [0.2, 0.25) is 0 Å². The Kier molecular flexibility index (Phi) is 5.88. The van der Waals surface area contributed by atoms with Crippen molar-refractivity contribution < 1.29 is 19.1 Å². The molecular weight excluding hydrogens is 308 g/mol. The Morgan fingerprint density at radius 2 is 1.67 bits per heavy atom. The van der Waals surface area contributed by atoms with E-state index in [1.165, 1.54) is 7.11 Å². The molecule has 122 valence electrons. The number of amides is 2. The number of methoxy groups -OCH3 is 1. The fraction of sp³-hybridized carbons (Fsp3) is 0.111. The predicted molar refractivity (Wildman–Crippen MR) is 88.0 cm³/mol. The summed E-state index contributed by atoms with van der Waals surface area (Å²) in [6.45, 7) is 0. The zero-order valence-electron chi connectivity index (χ0n) is 13.0. The highest BCUT2D eigenvalue weighted by molar-refractivity contribution is 6.03. The molecule has 2 rings (SSSR count). The summed E-state index contributed by atoms with van der Waals surface area (Å²) < 4.78 is 5.00. The Labute approximate surface area is 139 Å². The summed E-state index contributed by atoms with van der Waals surface area (Å²) >= 11 is 0. The number of ether oxygens (including phenoxy) is 1. The summed E-state index contributed by atoms with van der Waals surface area (Å²) in [6, 6.07) is 15.4. The molecule has 0 radical (unpaired) electrons. The van der Waals surface area contributed by atoms with Gasteiger partial charge in [-0.25, -0.2) is 4.79 Å². The van der Waals surface area contributed by atoms with Crippen molar-refractivity contribution in [3.8, 4) is 5.75 Å². The smallest absolute Gasteiger partial charge is 0.277 e. The van der Waals surface area contributed by atoms with Crippen LogP contribution in [0.25, 0.3) is 0 Å². The molecule has 0 unspecified atom stereocenters. The average Bonchev–Trinajstić information content (AvgIpc) is 2.64. The summed E-state index contributed by atoms with van der Waals surface area (Å²) in [6.07, 6.45) is 0.134. The molecule has 2 amide bonds. The molecule has 0 atom stereocenters. The van der Waals surface area contributed by atoms with Gasteiger partial charge in [-0.05, 0) is 29.8 Å². The summed E-state index contributed by atoms with van der Waals surface area (Å²) in [5, 5.41) is 0. The second kappa shape index (κ2) is 8.31. The highest BCUT2D eigenvalue weighted by atomic mass is 16.5. The van der Waals surface area contributed by atoms with Gasteiger partial charge in [0.1, 0.15) is 17.3 Å². The van der Waals surface area contributed by atoms with E-state index in [1.807, 2.05) is 6.07 Å². The summed E-state index contributed by atoms with van der Waals surface area (Å²) in [5.74, 6) is 1.03. The first-order chi connectivity index (χ1) is 11.6. The monoisotopic (exact) mass is 324 g/mol. The van der Waals surface area contributed by atoms with Crippen molar-refractivity contribution in [3.05, 3.63) is 71.3 Å². The van der Waals surface area contributed by atoms with Crippen LogP contribution in [-0.2, 0) is 16.0 Å². The maximum absolute atomic E-state index is 12.0. The molecule has 0 aliphatic carbocycles. The minimum atomic E-state index is -0.698. The van der Waals surface area contributed by atoms with E-state index in [0.29, 0.717) is 11.3 Å². The first-order valence-electron chi connectivity index (χ1n) is 7.16. The average molecular weight is 324 g/mol. The Morgan fingerprint density at radius 1 is 1.00 bits per heavy atom. The van der Waals surface area contributed by atoms with E-state index in [4.69, 9.17) is 4.74 Å². The van der Waals surface area contributed by atoms with E-state index in [1.54, 1.807) is 54.5 Å². The van der Waals surface area contributed by atoms with Gasteiger partial charge >= 0.3 is 0 Å². The van der Waals surface area contributed by atoms with Gasteiger partial charge in [0.05, 0.1) is 7.11 Å². The zero-order valence-corrected chi connectivity index (χ0v) is 13.0. The van der Waals surface area contributed by atoms with E-state index in [-0.39, 0.29) is 12.0 Å². The molecule has 0 heterocycles. The van der Waals surface area contributed by atoms with Crippen LogP contribution >= 0.6 is 0 Å². The van der Waals surface area contributed by atoms with Gasteiger partial charge < -0.3 is 4.74 Å². The molecule has 24 heavy (non-hydrogen) atoms. The number of hydrazine groups is 1. The van der Waals surface area contributed by atoms with Crippen LogP contribution in [-0.4, -0.2) is 24.9 Å². The molecule has 2 aromatic carbocycles. The lowest BCUT2D eigenvalue weighted by atomic mass is 10.1. The van der Waals surface area contributed by atoms with Gasteiger partial charge in [0, 0.05) is 12.0 Å². The third-order valence-electron chi connectivity index (χ3n) is 3.26. The van der Waals surface area contributed by atoms with Gasteiger partial charge in [-0.15, -0.1) is 0 Å². The summed E-state index contributed by atoms with van der Waals surface area (Å²) in [5.41, 5.74) is 5.51. The molecular formula is C18H16N2O4. The highest BCUT2D eigenvalue weighted by Crippen LogP contribution is 2.11. The standard InChI is InChI=1S/C18H16N2O4/c1-24-16-9-7-14(8-10-16)17(22)19-20-18(23)15(12-21)11-13-5-3-2-4-6-13/h2-10H,11H2,1H3,(H,19,22)(H,20,23). The van der Waals surface area contributed by atoms with Crippen LogP contribution in [0.15, 0.2) is 60.2 Å². The second-order valence-electron chi connectivity index (χ2n) is 4.88. The lowest BCUT2D eigenvalue weighted by molar-refractivity contribution is -0.118. The van der Waals surface area contributed by atoms with Gasteiger partial charge in [-0.1, -0.05) is 30.3 Å². The number of nitrogens with one attached hydrogen (secondary N) is 2. The fourth-order valence-electron chi connectivity index (χ4n) is 1.97. The Hall–Kier alpha value is -3.37. The zero-order chi connectivity index (χ0) is 17.4. The third kappa shape index (κ3) is 4.56. The molecule has 2 N–H and O–H groups in total. The van der Waals surface area contributed by atoms with Crippen LogP contribution in [0.3, 0.4) is 0 Å². The normalized spacial score (nSPS) is 9.54. The van der Waals surface area contributed by atoms with Crippen molar-refractivity contribution in [2.24, 2.45) is 0 Å². The van der Waals surface area contributed by atoms with Crippen molar-refractivity contribution in [2.75, 3.05) is 7.11 Å². The molecule has 2 aromatic rings. The summed E-state index contributed by atoms with van der Waals surface area (Å²) in [4.78, 5) is 34.9. The second-order valence-corrected chi connectivity index (χ2v) is 4.88. The molecule has 0 saturated heterocycles. The first kappa shape index (κ1) is 17.0. The van der Waals surface area contributed by atoms with Gasteiger partial charge in [0.2, 0.25) is 0 Å². The number of rotatable bonds is 5. The van der Waals surface area contributed by atoms with Gasteiger partial charge in [-0.2, -0.15) is 0 Å². The lowest BCUT2D eigenvalue weighted by Crippen LogP contribution is -2.42. The highest BCUT2D eigenvalue weighted by Gasteiger charge is 2.13. The van der Waals surface area contributed by atoms with Crippen LogP contribution in [0.4, 0.5) is 0 Å².